The van der Waals surface area contributed by atoms with E-state index in [4.69, 9.17) is 0 Å². The van der Waals surface area contributed by atoms with Crippen LogP contribution >= 0.6 is 11.8 Å². The van der Waals surface area contributed by atoms with Gasteiger partial charge in [-0.15, -0.1) is 22.0 Å². The summed E-state index contributed by atoms with van der Waals surface area (Å²) in [6, 6.07) is 0.150. The number of carbonyl (C=O) groups excluding carboxylic acids is 1. The van der Waals surface area contributed by atoms with E-state index >= 15 is 0 Å². The van der Waals surface area contributed by atoms with E-state index < -0.39 is 0 Å². The molecule has 0 radical (unpaired) electrons. The van der Waals surface area contributed by atoms with Gasteiger partial charge in [0, 0.05) is 19.8 Å². The molecule has 1 aliphatic heterocycles. The topological polar surface area (TPSA) is 68.8 Å². The molecule has 124 valence electrons. The molecule has 0 aromatic carbocycles. The lowest BCUT2D eigenvalue weighted by atomic mass is 10.2. The van der Waals surface area contributed by atoms with E-state index in [2.05, 4.69) is 40.6 Å². The summed E-state index contributed by atoms with van der Waals surface area (Å²) in [7, 11) is 1.88. The zero-order valence-electron chi connectivity index (χ0n) is 13.9. The molecule has 0 aliphatic carbocycles. The maximum atomic E-state index is 12.4. The molecule has 0 bridgehead atoms. The van der Waals surface area contributed by atoms with Crippen molar-refractivity contribution in [2.45, 2.75) is 38.6 Å². The van der Waals surface area contributed by atoms with Crippen molar-refractivity contribution in [2.24, 2.45) is 7.05 Å². The highest BCUT2D eigenvalue weighted by Gasteiger charge is 2.29. The molecule has 0 fully saturated rings. The standard InChI is InChI=1S/C15H22N6OS/c1-10(2)23-9-14(22)20-6-11(3)21-13(8-20)17-18-15(21)12-5-16-19(4)7-12/h5,7,10-11H,6,8-9H2,1-4H3/t11-/m0/s1. The minimum Gasteiger partial charge on any atom is -0.332 e. The highest BCUT2D eigenvalue weighted by Crippen LogP contribution is 2.27. The van der Waals surface area contributed by atoms with E-state index in [1.165, 1.54) is 0 Å². The summed E-state index contributed by atoms with van der Waals surface area (Å²) in [5.74, 6) is 2.36. The van der Waals surface area contributed by atoms with Gasteiger partial charge in [0.1, 0.15) is 0 Å². The Balaban J connectivity index is 1.80. The zero-order valence-corrected chi connectivity index (χ0v) is 14.7. The fourth-order valence-electron chi connectivity index (χ4n) is 2.78. The highest BCUT2D eigenvalue weighted by atomic mass is 32.2. The molecule has 3 heterocycles. The summed E-state index contributed by atoms with van der Waals surface area (Å²) in [4.78, 5) is 14.3. The number of hydrogen-bond acceptors (Lipinski definition) is 5. The van der Waals surface area contributed by atoms with E-state index in [0.717, 1.165) is 17.2 Å². The van der Waals surface area contributed by atoms with E-state index in [0.29, 0.717) is 24.1 Å². The van der Waals surface area contributed by atoms with Crippen molar-refractivity contribution in [3.05, 3.63) is 18.2 Å². The lowest BCUT2D eigenvalue weighted by Gasteiger charge is -2.32. The second kappa shape index (κ2) is 6.35. The van der Waals surface area contributed by atoms with Gasteiger partial charge in [-0.3, -0.25) is 9.48 Å². The Kier molecular flexibility index (Phi) is 4.43. The predicted molar refractivity (Wildman–Crippen MR) is 89.9 cm³/mol. The van der Waals surface area contributed by atoms with Gasteiger partial charge >= 0.3 is 0 Å². The van der Waals surface area contributed by atoms with Gasteiger partial charge in [-0.1, -0.05) is 13.8 Å². The minimum absolute atomic E-state index is 0.150. The van der Waals surface area contributed by atoms with Crippen molar-refractivity contribution in [3.63, 3.8) is 0 Å². The summed E-state index contributed by atoms with van der Waals surface area (Å²) < 4.78 is 3.87. The number of thioether (sulfide) groups is 1. The summed E-state index contributed by atoms with van der Waals surface area (Å²) in [5, 5.41) is 13.3. The number of hydrogen-bond donors (Lipinski definition) is 0. The van der Waals surface area contributed by atoms with Crippen LogP contribution in [0.25, 0.3) is 11.4 Å². The van der Waals surface area contributed by atoms with Gasteiger partial charge in [-0.25, -0.2) is 0 Å². The summed E-state index contributed by atoms with van der Waals surface area (Å²) >= 11 is 1.68. The number of aryl methyl sites for hydroxylation is 1. The molecular formula is C15H22N6OS. The van der Waals surface area contributed by atoms with E-state index in [-0.39, 0.29) is 11.9 Å². The normalized spacial score (nSPS) is 17.6. The van der Waals surface area contributed by atoms with Crippen molar-refractivity contribution in [1.29, 1.82) is 0 Å². The second-order valence-corrected chi connectivity index (χ2v) is 7.76. The van der Waals surface area contributed by atoms with Crippen LogP contribution in [-0.2, 0) is 18.4 Å². The SMILES string of the molecule is CC(C)SCC(=O)N1Cc2nnc(-c3cnn(C)c3)n2[C@@H](C)C1. The predicted octanol–water partition coefficient (Wildman–Crippen LogP) is 1.72. The zero-order chi connectivity index (χ0) is 16.6. The Bertz CT molecular complexity index is 707. The van der Waals surface area contributed by atoms with Crippen LogP contribution in [0.2, 0.25) is 0 Å². The summed E-state index contributed by atoms with van der Waals surface area (Å²) in [6.45, 7) is 7.52. The number of carbonyl (C=O) groups is 1. The lowest BCUT2D eigenvalue weighted by Crippen LogP contribution is -2.41. The highest BCUT2D eigenvalue weighted by molar-refractivity contribution is 8.00. The maximum Gasteiger partial charge on any atom is 0.233 e. The van der Waals surface area contributed by atoms with Crippen LogP contribution in [0, 0.1) is 0 Å². The molecule has 0 saturated heterocycles. The number of aromatic nitrogens is 5. The molecule has 1 amide bonds. The fourth-order valence-corrected chi connectivity index (χ4v) is 3.44. The molecule has 0 spiro atoms. The van der Waals surface area contributed by atoms with Gasteiger partial charge in [0.05, 0.1) is 30.1 Å². The summed E-state index contributed by atoms with van der Waals surface area (Å²) in [6.07, 6.45) is 3.72. The number of fused-ring (bicyclic) bond motifs is 1. The lowest BCUT2D eigenvalue weighted by molar-refractivity contribution is -0.130. The molecule has 0 N–H and O–H groups in total. The molecule has 3 rings (SSSR count). The van der Waals surface area contributed by atoms with Crippen LogP contribution in [0.15, 0.2) is 12.4 Å². The molecule has 1 atom stereocenters. The Hall–Kier alpha value is -1.83. The Morgan fingerprint density at radius 3 is 2.87 bits per heavy atom. The third-order valence-electron chi connectivity index (χ3n) is 3.88. The molecule has 2 aromatic heterocycles. The third-order valence-corrected chi connectivity index (χ3v) is 4.96. The van der Waals surface area contributed by atoms with Crippen molar-refractivity contribution in [2.75, 3.05) is 12.3 Å². The number of rotatable bonds is 4. The molecule has 23 heavy (non-hydrogen) atoms. The minimum atomic E-state index is 0.150. The first-order valence-corrected chi connectivity index (χ1v) is 8.82. The molecule has 0 unspecified atom stereocenters. The van der Waals surface area contributed by atoms with Crippen LogP contribution in [0.5, 0.6) is 0 Å². The molecule has 0 saturated carbocycles. The van der Waals surface area contributed by atoms with E-state index in [1.54, 1.807) is 22.6 Å². The smallest absolute Gasteiger partial charge is 0.233 e. The van der Waals surface area contributed by atoms with Crippen molar-refractivity contribution in [1.82, 2.24) is 29.4 Å². The second-order valence-electron chi connectivity index (χ2n) is 6.20. The number of nitrogens with zero attached hydrogens (tertiary/aromatic N) is 6. The average Bonchev–Trinajstić information content (AvgIpc) is 3.10. The van der Waals surface area contributed by atoms with Crippen LogP contribution in [-0.4, -0.2) is 52.9 Å². The molecule has 2 aromatic rings. The first-order valence-electron chi connectivity index (χ1n) is 7.78. The maximum absolute atomic E-state index is 12.4. The van der Waals surface area contributed by atoms with Crippen molar-refractivity contribution < 1.29 is 4.79 Å². The Labute approximate surface area is 140 Å². The molecule has 8 heteroatoms. The van der Waals surface area contributed by atoms with Gasteiger partial charge in [0.2, 0.25) is 5.91 Å². The summed E-state index contributed by atoms with van der Waals surface area (Å²) in [5.41, 5.74) is 0.952. The fraction of sp³-hybridized carbons (Fsp3) is 0.600. The quantitative estimate of drug-likeness (QED) is 0.851. The van der Waals surface area contributed by atoms with Crippen LogP contribution in [0.1, 0.15) is 32.6 Å². The van der Waals surface area contributed by atoms with Gasteiger partial charge in [0.15, 0.2) is 11.6 Å². The number of amides is 1. The van der Waals surface area contributed by atoms with E-state index in [9.17, 15) is 4.79 Å². The van der Waals surface area contributed by atoms with Gasteiger partial charge in [-0.05, 0) is 12.2 Å². The van der Waals surface area contributed by atoms with Crippen molar-refractivity contribution in [3.8, 4) is 11.4 Å². The first kappa shape index (κ1) is 16.0. The molecule has 7 nitrogen and oxygen atoms in total. The van der Waals surface area contributed by atoms with Gasteiger partial charge in [-0.2, -0.15) is 5.10 Å². The van der Waals surface area contributed by atoms with Crippen LogP contribution in [0.3, 0.4) is 0 Å². The van der Waals surface area contributed by atoms with Crippen LogP contribution in [0.4, 0.5) is 0 Å². The first-order chi connectivity index (χ1) is 11.0. The van der Waals surface area contributed by atoms with Crippen LogP contribution < -0.4 is 0 Å². The van der Waals surface area contributed by atoms with Crippen molar-refractivity contribution >= 4 is 17.7 Å². The van der Waals surface area contributed by atoms with Gasteiger partial charge in [0.25, 0.3) is 0 Å². The Morgan fingerprint density at radius 1 is 1.43 bits per heavy atom. The largest absolute Gasteiger partial charge is 0.332 e. The Morgan fingerprint density at radius 2 is 2.22 bits per heavy atom. The van der Waals surface area contributed by atoms with Gasteiger partial charge < -0.3 is 9.47 Å². The van der Waals surface area contributed by atoms with E-state index in [1.807, 2.05) is 18.1 Å². The third kappa shape index (κ3) is 3.26. The molecule has 1 aliphatic rings. The average molecular weight is 334 g/mol. The molecular weight excluding hydrogens is 312 g/mol. The monoisotopic (exact) mass is 334 g/mol.